The van der Waals surface area contributed by atoms with Crippen LogP contribution in [-0.2, 0) is 9.53 Å². The molecule has 0 amide bonds. The van der Waals surface area contributed by atoms with Crippen molar-refractivity contribution in [2.75, 3.05) is 6.61 Å². The standard InChI is InChI=1S/C20H23NO3/c1-2-3-15-24-19(22)13-12-17(16-9-5-4-6-10-16)20(23)18-11-7-8-14-21-18/h4-11,14,17H,2-3,12-13,15H2,1H3/t17-/m1/s1. The highest BCUT2D eigenvalue weighted by Gasteiger charge is 2.24. The van der Waals surface area contributed by atoms with Gasteiger partial charge >= 0.3 is 5.97 Å². The van der Waals surface area contributed by atoms with Gasteiger partial charge in [0.25, 0.3) is 0 Å². The summed E-state index contributed by atoms with van der Waals surface area (Å²) >= 11 is 0. The van der Waals surface area contributed by atoms with E-state index in [9.17, 15) is 9.59 Å². The maximum Gasteiger partial charge on any atom is 0.305 e. The first kappa shape index (κ1) is 17.9. The predicted octanol–water partition coefficient (Wildman–Crippen LogP) is 4.17. The summed E-state index contributed by atoms with van der Waals surface area (Å²) in [5, 5.41) is 0. The first-order valence-electron chi connectivity index (χ1n) is 8.38. The molecule has 0 spiro atoms. The number of esters is 1. The minimum Gasteiger partial charge on any atom is -0.466 e. The molecule has 24 heavy (non-hydrogen) atoms. The van der Waals surface area contributed by atoms with Crippen molar-refractivity contribution in [1.82, 2.24) is 4.98 Å². The Kier molecular flexibility index (Phi) is 7.15. The van der Waals surface area contributed by atoms with Gasteiger partial charge in [-0.15, -0.1) is 0 Å². The van der Waals surface area contributed by atoms with Crippen LogP contribution in [0.3, 0.4) is 0 Å². The van der Waals surface area contributed by atoms with Crippen LogP contribution >= 0.6 is 0 Å². The fourth-order valence-electron chi connectivity index (χ4n) is 2.49. The predicted molar refractivity (Wildman–Crippen MR) is 92.9 cm³/mol. The normalized spacial score (nSPS) is 11.7. The molecule has 0 bridgehead atoms. The molecule has 1 aromatic heterocycles. The van der Waals surface area contributed by atoms with E-state index in [4.69, 9.17) is 4.74 Å². The lowest BCUT2D eigenvalue weighted by atomic mass is 9.88. The number of Topliss-reactive ketones (excluding diaryl/α,β-unsaturated/α-hetero) is 1. The van der Waals surface area contributed by atoms with Gasteiger partial charge in [-0.3, -0.25) is 14.6 Å². The third-order valence-electron chi connectivity index (χ3n) is 3.83. The number of hydrogen-bond donors (Lipinski definition) is 0. The van der Waals surface area contributed by atoms with Crippen molar-refractivity contribution < 1.29 is 14.3 Å². The minimum atomic E-state index is -0.389. The van der Waals surface area contributed by atoms with Crippen molar-refractivity contribution in [3.8, 4) is 0 Å². The first-order chi connectivity index (χ1) is 11.7. The second kappa shape index (κ2) is 9.60. The fraction of sp³-hybridized carbons (Fsp3) is 0.350. The van der Waals surface area contributed by atoms with Gasteiger partial charge in [0.2, 0.25) is 0 Å². The van der Waals surface area contributed by atoms with Crippen LogP contribution in [0, 0.1) is 0 Å². The number of carbonyl (C=O) groups excluding carboxylic acids is 2. The van der Waals surface area contributed by atoms with E-state index in [0.29, 0.717) is 18.7 Å². The summed E-state index contributed by atoms with van der Waals surface area (Å²) in [5.74, 6) is -0.707. The fourth-order valence-corrected chi connectivity index (χ4v) is 2.49. The van der Waals surface area contributed by atoms with Gasteiger partial charge in [-0.1, -0.05) is 49.7 Å². The molecular formula is C20H23NO3. The summed E-state index contributed by atoms with van der Waals surface area (Å²) < 4.78 is 5.19. The third-order valence-corrected chi connectivity index (χ3v) is 3.83. The molecule has 1 aromatic carbocycles. The second-order valence-electron chi connectivity index (χ2n) is 5.66. The molecule has 126 valence electrons. The molecule has 0 fully saturated rings. The van der Waals surface area contributed by atoms with Crippen molar-refractivity contribution in [1.29, 1.82) is 0 Å². The smallest absolute Gasteiger partial charge is 0.305 e. The van der Waals surface area contributed by atoms with Gasteiger partial charge in [0.05, 0.1) is 6.61 Å². The summed E-state index contributed by atoms with van der Waals surface area (Å²) in [6, 6.07) is 14.8. The summed E-state index contributed by atoms with van der Waals surface area (Å²) in [7, 11) is 0. The molecule has 4 nitrogen and oxygen atoms in total. The maximum absolute atomic E-state index is 12.8. The van der Waals surface area contributed by atoms with Gasteiger partial charge in [0, 0.05) is 18.5 Å². The monoisotopic (exact) mass is 325 g/mol. The lowest BCUT2D eigenvalue weighted by Gasteiger charge is -2.15. The Bertz CT molecular complexity index is 640. The van der Waals surface area contributed by atoms with E-state index in [0.717, 1.165) is 18.4 Å². The average molecular weight is 325 g/mol. The van der Waals surface area contributed by atoms with Crippen LogP contribution < -0.4 is 0 Å². The highest BCUT2D eigenvalue weighted by Crippen LogP contribution is 2.25. The van der Waals surface area contributed by atoms with E-state index >= 15 is 0 Å². The van der Waals surface area contributed by atoms with E-state index in [2.05, 4.69) is 4.98 Å². The van der Waals surface area contributed by atoms with Crippen molar-refractivity contribution >= 4 is 11.8 Å². The average Bonchev–Trinajstić information content (AvgIpc) is 2.63. The topological polar surface area (TPSA) is 56.3 Å². The van der Waals surface area contributed by atoms with Crippen LogP contribution in [0.25, 0.3) is 0 Å². The zero-order chi connectivity index (χ0) is 17.2. The van der Waals surface area contributed by atoms with E-state index in [1.54, 1.807) is 24.4 Å². The van der Waals surface area contributed by atoms with Crippen LogP contribution in [0.4, 0.5) is 0 Å². The lowest BCUT2D eigenvalue weighted by Crippen LogP contribution is -2.17. The number of carbonyl (C=O) groups is 2. The van der Waals surface area contributed by atoms with Gasteiger partial charge in [-0.25, -0.2) is 0 Å². The minimum absolute atomic E-state index is 0.0665. The van der Waals surface area contributed by atoms with E-state index in [1.807, 2.05) is 37.3 Å². The van der Waals surface area contributed by atoms with Gasteiger partial charge < -0.3 is 4.74 Å². The number of pyridine rings is 1. The highest BCUT2D eigenvalue weighted by atomic mass is 16.5. The molecule has 4 heteroatoms. The number of benzene rings is 1. The van der Waals surface area contributed by atoms with Crippen molar-refractivity contribution in [2.45, 2.75) is 38.5 Å². The zero-order valence-electron chi connectivity index (χ0n) is 14.0. The number of aromatic nitrogens is 1. The Morgan fingerprint density at radius 3 is 2.50 bits per heavy atom. The van der Waals surface area contributed by atoms with E-state index in [1.165, 1.54) is 0 Å². The number of hydrogen-bond acceptors (Lipinski definition) is 4. The number of ether oxygens (including phenoxy) is 1. The third kappa shape index (κ3) is 5.30. The molecule has 1 heterocycles. The van der Waals surface area contributed by atoms with Crippen molar-refractivity contribution in [3.63, 3.8) is 0 Å². The molecule has 0 aliphatic heterocycles. The summed E-state index contributed by atoms with van der Waals surface area (Å²) in [4.78, 5) is 28.8. The van der Waals surface area contributed by atoms with E-state index in [-0.39, 0.29) is 24.1 Å². The van der Waals surface area contributed by atoms with Crippen LogP contribution in [0.5, 0.6) is 0 Å². The van der Waals surface area contributed by atoms with Crippen molar-refractivity contribution in [3.05, 3.63) is 66.0 Å². The summed E-state index contributed by atoms with van der Waals surface area (Å²) in [6.07, 6.45) is 4.10. The molecule has 2 rings (SSSR count). The molecule has 0 radical (unpaired) electrons. The number of rotatable bonds is 9. The highest BCUT2D eigenvalue weighted by molar-refractivity contribution is 5.99. The van der Waals surface area contributed by atoms with Crippen LogP contribution in [0.2, 0.25) is 0 Å². The molecule has 0 aliphatic rings. The van der Waals surface area contributed by atoms with Crippen molar-refractivity contribution in [2.24, 2.45) is 0 Å². The van der Waals surface area contributed by atoms with Gasteiger partial charge in [0.1, 0.15) is 5.69 Å². The van der Waals surface area contributed by atoms with Gasteiger partial charge in [0.15, 0.2) is 5.78 Å². The van der Waals surface area contributed by atoms with Crippen LogP contribution in [0.15, 0.2) is 54.7 Å². The molecule has 0 saturated carbocycles. The molecule has 0 aliphatic carbocycles. The Morgan fingerprint density at radius 1 is 1.08 bits per heavy atom. The number of unbranched alkanes of at least 4 members (excludes halogenated alkanes) is 1. The molecule has 0 N–H and O–H groups in total. The Hall–Kier alpha value is -2.49. The summed E-state index contributed by atoms with van der Waals surface area (Å²) in [5.41, 5.74) is 1.32. The van der Waals surface area contributed by atoms with Gasteiger partial charge in [-0.2, -0.15) is 0 Å². The molecule has 1 atom stereocenters. The Balaban J connectivity index is 2.07. The van der Waals surface area contributed by atoms with Gasteiger partial charge in [-0.05, 0) is 30.5 Å². The SMILES string of the molecule is CCCCOC(=O)CC[C@@H](C(=O)c1ccccn1)c1ccccc1. The lowest BCUT2D eigenvalue weighted by molar-refractivity contribution is -0.143. The largest absolute Gasteiger partial charge is 0.466 e. The molecule has 0 saturated heterocycles. The Morgan fingerprint density at radius 2 is 1.83 bits per heavy atom. The number of ketones is 1. The molecule has 2 aromatic rings. The second-order valence-corrected chi connectivity index (χ2v) is 5.66. The zero-order valence-corrected chi connectivity index (χ0v) is 14.0. The quantitative estimate of drug-likeness (QED) is 0.394. The summed E-state index contributed by atoms with van der Waals surface area (Å²) in [6.45, 7) is 2.49. The van der Waals surface area contributed by atoms with E-state index < -0.39 is 0 Å². The molecule has 0 unspecified atom stereocenters. The molecular weight excluding hydrogens is 302 g/mol. The first-order valence-corrected chi connectivity index (χ1v) is 8.38. The Labute approximate surface area is 142 Å². The maximum atomic E-state index is 12.8. The number of nitrogens with zero attached hydrogens (tertiary/aromatic N) is 1. The van der Waals surface area contributed by atoms with Crippen LogP contribution in [0.1, 0.15) is 54.6 Å². The van der Waals surface area contributed by atoms with Crippen LogP contribution in [-0.4, -0.2) is 23.3 Å².